The zero-order valence-electron chi connectivity index (χ0n) is 8.56. The monoisotopic (exact) mass is 217 g/mol. The van der Waals surface area contributed by atoms with Gasteiger partial charge in [0, 0.05) is 5.69 Å². The molecule has 0 saturated carbocycles. The second-order valence-electron chi connectivity index (χ2n) is 3.52. The van der Waals surface area contributed by atoms with E-state index in [4.69, 9.17) is 10.00 Å². The molecular weight excluding hydrogens is 206 g/mol. The average molecular weight is 217 g/mol. The summed E-state index contributed by atoms with van der Waals surface area (Å²) in [4.78, 5) is 11.4. The van der Waals surface area contributed by atoms with E-state index in [1.807, 2.05) is 6.07 Å². The smallest absolute Gasteiger partial charge is 0.319 e. The molecule has 0 unspecified atom stereocenters. The Morgan fingerprint density at radius 1 is 1.38 bits per heavy atom. The van der Waals surface area contributed by atoms with E-state index < -0.39 is 0 Å². The predicted octanol–water partition coefficient (Wildman–Crippen LogP) is 1.08. The van der Waals surface area contributed by atoms with Crippen molar-refractivity contribution in [3.8, 4) is 6.07 Å². The van der Waals surface area contributed by atoms with Crippen LogP contribution < -0.4 is 10.6 Å². The zero-order valence-corrected chi connectivity index (χ0v) is 8.56. The molecule has 1 saturated heterocycles. The van der Waals surface area contributed by atoms with E-state index in [2.05, 4.69) is 10.6 Å². The van der Waals surface area contributed by atoms with Crippen molar-refractivity contribution in [2.45, 2.75) is 6.04 Å². The van der Waals surface area contributed by atoms with Gasteiger partial charge in [0.25, 0.3) is 0 Å². The highest BCUT2D eigenvalue weighted by Crippen LogP contribution is 2.08. The van der Waals surface area contributed by atoms with Crippen molar-refractivity contribution in [2.24, 2.45) is 0 Å². The molecule has 1 aliphatic heterocycles. The number of carbonyl (C=O) groups is 1. The molecule has 16 heavy (non-hydrogen) atoms. The summed E-state index contributed by atoms with van der Waals surface area (Å²) in [5, 5.41) is 14.0. The van der Waals surface area contributed by atoms with Crippen LogP contribution in [0.5, 0.6) is 0 Å². The molecule has 5 nitrogen and oxygen atoms in total. The van der Waals surface area contributed by atoms with Gasteiger partial charge in [-0.3, -0.25) is 0 Å². The molecule has 0 radical (unpaired) electrons. The van der Waals surface area contributed by atoms with Crippen LogP contribution in [0.4, 0.5) is 10.5 Å². The number of nitrogens with one attached hydrogen (secondary N) is 2. The van der Waals surface area contributed by atoms with E-state index in [-0.39, 0.29) is 12.1 Å². The number of amides is 2. The average Bonchev–Trinajstić information content (AvgIpc) is 2.25. The molecule has 1 aromatic carbocycles. The third kappa shape index (κ3) is 2.49. The summed E-state index contributed by atoms with van der Waals surface area (Å²) in [5.41, 5.74) is 1.23. The Morgan fingerprint density at radius 2 is 2.06 bits per heavy atom. The SMILES string of the molecule is N#Cc1ccc(NC(=O)NC2COC2)cc1. The lowest BCUT2D eigenvalue weighted by molar-refractivity contribution is 0.000735. The zero-order chi connectivity index (χ0) is 11.4. The lowest BCUT2D eigenvalue weighted by Gasteiger charge is -2.26. The molecule has 5 heteroatoms. The molecule has 1 aromatic rings. The van der Waals surface area contributed by atoms with E-state index in [0.717, 1.165) is 0 Å². The van der Waals surface area contributed by atoms with E-state index >= 15 is 0 Å². The standard InChI is InChI=1S/C11H11N3O2/c12-5-8-1-3-9(4-2-8)13-11(15)14-10-6-16-7-10/h1-4,10H,6-7H2,(H2,13,14,15). The van der Waals surface area contributed by atoms with Crippen LogP contribution in [0.1, 0.15) is 5.56 Å². The molecule has 1 aliphatic rings. The molecule has 2 amide bonds. The van der Waals surface area contributed by atoms with E-state index in [1.165, 1.54) is 0 Å². The lowest BCUT2D eigenvalue weighted by Crippen LogP contribution is -2.49. The number of nitriles is 1. The minimum atomic E-state index is -0.252. The van der Waals surface area contributed by atoms with Crippen LogP contribution in [0.2, 0.25) is 0 Å². The first kappa shape index (κ1) is 10.5. The van der Waals surface area contributed by atoms with Gasteiger partial charge in [0.15, 0.2) is 0 Å². The molecule has 0 spiro atoms. The Morgan fingerprint density at radius 3 is 2.56 bits per heavy atom. The fraction of sp³-hybridized carbons (Fsp3) is 0.273. The maximum absolute atomic E-state index is 11.4. The van der Waals surface area contributed by atoms with Crippen LogP contribution in [0.25, 0.3) is 0 Å². The van der Waals surface area contributed by atoms with Gasteiger partial charge in [0.1, 0.15) is 0 Å². The van der Waals surface area contributed by atoms with Crippen LogP contribution in [0.3, 0.4) is 0 Å². The van der Waals surface area contributed by atoms with Crippen molar-refractivity contribution in [3.63, 3.8) is 0 Å². The van der Waals surface area contributed by atoms with Gasteiger partial charge >= 0.3 is 6.03 Å². The van der Waals surface area contributed by atoms with Crippen molar-refractivity contribution < 1.29 is 9.53 Å². The first-order chi connectivity index (χ1) is 7.78. The number of urea groups is 1. The van der Waals surface area contributed by atoms with Crippen LogP contribution in [-0.2, 0) is 4.74 Å². The van der Waals surface area contributed by atoms with E-state index in [0.29, 0.717) is 24.5 Å². The van der Waals surface area contributed by atoms with Gasteiger partial charge in [-0.1, -0.05) is 0 Å². The van der Waals surface area contributed by atoms with Crippen LogP contribution >= 0.6 is 0 Å². The van der Waals surface area contributed by atoms with Gasteiger partial charge in [0.2, 0.25) is 0 Å². The highest BCUT2D eigenvalue weighted by Gasteiger charge is 2.19. The molecule has 1 fully saturated rings. The van der Waals surface area contributed by atoms with Gasteiger partial charge in [0.05, 0.1) is 30.9 Å². The Hall–Kier alpha value is -2.06. The maximum atomic E-state index is 11.4. The van der Waals surface area contributed by atoms with Gasteiger partial charge in [-0.15, -0.1) is 0 Å². The molecule has 0 bridgehead atoms. The number of nitrogens with zero attached hydrogens (tertiary/aromatic N) is 1. The molecule has 2 rings (SSSR count). The largest absolute Gasteiger partial charge is 0.377 e. The number of rotatable bonds is 2. The number of hydrogen-bond acceptors (Lipinski definition) is 3. The topological polar surface area (TPSA) is 74.2 Å². The third-order valence-electron chi connectivity index (χ3n) is 2.25. The minimum absolute atomic E-state index is 0.110. The summed E-state index contributed by atoms with van der Waals surface area (Å²) in [6.07, 6.45) is 0. The van der Waals surface area contributed by atoms with Gasteiger partial charge < -0.3 is 15.4 Å². The first-order valence-corrected chi connectivity index (χ1v) is 4.93. The number of ether oxygens (including phenoxy) is 1. The summed E-state index contributed by atoms with van der Waals surface area (Å²) in [7, 11) is 0. The summed E-state index contributed by atoms with van der Waals surface area (Å²) in [6.45, 7) is 1.14. The number of anilines is 1. The summed E-state index contributed by atoms with van der Waals surface area (Å²) in [5.74, 6) is 0. The van der Waals surface area contributed by atoms with Crippen molar-refractivity contribution >= 4 is 11.7 Å². The predicted molar refractivity (Wildman–Crippen MR) is 57.9 cm³/mol. The normalized spacial score (nSPS) is 14.7. The van der Waals surface area contributed by atoms with Gasteiger partial charge in [-0.2, -0.15) is 5.26 Å². The molecule has 1 heterocycles. The van der Waals surface area contributed by atoms with Crippen molar-refractivity contribution in [2.75, 3.05) is 18.5 Å². The highest BCUT2D eigenvalue weighted by molar-refractivity contribution is 5.89. The molecule has 0 aromatic heterocycles. The number of carbonyl (C=O) groups excluding carboxylic acids is 1. The minimum Gasteiger partial charge on any atom is -0.377 e. The second kappa shape index (κ2) is 4.64. The quantitative estimate of drug-likeness (QED) is 0.778. The fourth-order valence-electron chi connectivity index (χ4n) is 1.30. The molecule has 2 N–H and O–H groups in total. The van der Waals surface area contributed by atoms with Crippen LogP contribution in [0, 0.1) is 11.3 Å². The Bertz CT molecular complexity index is 418. The summed E-state index contributed by atoms with van der Waals surface area (Å²) >= 11 is 0. The number of benzene rings is 1. The molecule has 0 atom stereocenters. The fourth-order valence-corrected chi connectivity index (χ4v) is 1.30. The molecular formula is C11H11N3O2. The highest BCUT2D eigenvalue weighted by atomic mass is 16.5. The van der Waals surface area contributed by atoms with Crippen molar-refractivity contribution in [1.29, 1.82) is 5.26 Å². The van der Waals surface area contributed by atoms with Crippen LogP contribution in [0.15, 0.2) is 24.3 Å². The van der Waals surface area contributed by atoms with Crippen molar-refractivity contribution in [1.82, 2.24) is 5.32 Å². The Balaban J connectivity index is 1.87. The van der Waals surface area contributed by atoms with E-state index in [9.17, 15) is 4.79 Å². The Kier molecular flexibility index (Phi) is 3.03. The summed E-state index contributed by atoms with van der Waals surface area (Å²) < 4.78 is 4.94. The molecule has 82 valence electrons. The Labute approximate surface area is 93.0 Å². The lowest BCUT2D eigenvalue weighted by atomic mass is 10.2. The van der Waals surface area contributed by atoms with E-state index in [1.54, 1.807) is 24.3 Å². The van der Waals surface area contributed by atoms with Gasteiger partial charge in [-0.05, 0) is 24.3 Å². The summed E-state index contributed by atoms with van der Waals surface area (Å²) in [6, 6.07) is 8.56. The first-order valence-electron chi connectivity index (χ1n) is 4.93. The van der Waals surface area contributed by atoms with Gasteiger partial charge in [-0.25, -0.2) is 4.79 Å². The van der Waals surface area contributed by atoms with Crippen molar-refractivity contribution in [3.05, 3.63) is 29.8 Å². The molecule has 0 aliphatic carbocycles. The maximum Gasteiger partial charge on any atom is 0.319 e. The van der Waals surface area contributed by atoms with Crippen LogP contribution in [-0.4, -0.2) is 25.3 Å². The second-order valence-corrected chi connectivity index (χ2v) is 3.52. The number of hydrogen-bond donors (Lipinski definition) is 2. The third-order valence-corrected chi connectivity index (χ3v) is 2.25.